The summed E-state index contributed by atoms with van der Waals surface area (Å²) in [6, 6.07) is 204. The smallest absolute Gasteiger partial charge is 0.270 e. The lowest BCUT2D eigenvalue weighted by molar-refractivity contribution is 0.581. The van der Waals surface area contributed by atoms with E-state index in [1.165, 1.54) is 16.7 Å². The second-order valence-electron chi connectivity index (χ2n) is 36.1. The van der Waals surface area contributed by atoms with Crippen molar-refractivity contribution in [3.63, 3.8) is 0 Å². The fourth-order valence-corrected chi connectivity index (χ4v) is 32.5. The lowest BCUT2D eigenvalue weighted by Crippen LogP contribution is -2.26. The Balaban J connectivity index is 0.000000109. The Morgan fingerprint density at radius 2 is 0.243 bits per heavy atom. The van der Waals surface area contributed by atoms with Crippen LogP contribution in [0, 0.1) is 0 Å². The summed E-state index contributed by atoms with van der Waals surface area (Å²) in [5.41, 5.74) is 27.9. The number of nitrogens with zero attached hydrogens (tertiary/aromatic N) is 8. The van der Waals surface area contributed by atoms with Crippen LogP contribution in [0.25, 0.3) is 66.8 Å². The van der Waals surface area contributed by atoms with E-state index in [0.717, 1.165) is 162 Å². The van der Waals surface area contributed by atoms with Crippen molar-refractivity contribution in [2.45, 2.75) is 0 Å². The molecule has 0 saturated carbocycles. The molecule has 0 atom stereocenters. The molecule has 0 aliphatic carbocycles. The normalized spacial score (nSPS) is 13.9. The van der Waals surface area contributed by atoms with Crippen molar-refractivity contribution in [3.05, 3.63) is 607 Å². The minimum atomic E-state index is -3.50. The number of benzene rings is 22. The molecule has 4 aliphatic heterocycles. The zero-order valence-electron chi connectivity index (χ0n) is 80.7. The summed E-state index contributed by atoms with van der Waals surface area (Å²) in [6.45, 7) is 0. The molecule has 0 spiro atoms. The third-order valence-electron chi connectivity index (χ3n) is 27.1. The highest BCUT2D eigenvalue weighted by molar-refractivity contribution is 7.77. The molecule has 26 rings (SSSR count). The van der Waals surface area contributed by atoms with Crippen molar-refractivity contribution in [2.75, 3.05) is 37.4 Å². The van der Waals surface area contributed by atoms with Crippen LogP contribution in [0.4, 0.5) is 91.0 Å². The van der Waals surface area contributed by atoms with Gasteiger partial charge in [-0.2, -0.15) is 0 Å². The minimum Gasteiger partial charge on any atom is -0.270 e. The molecule has 16 heteroatoms. The van der Waals surface area contributed by atoms with Crippen LogP contribution in [-0.2, 0) is 18.3 Å². The maximum atomic E-state index is 16.2. The molecule has 22 aromatic carbocycles. The predicted octanol–water partition coefficient (Wildman–Crippen LogP) is 36.0. The van der Waals surface area contributed by atoms with E-state index in [1.807, 2.05) is 444 Å². The van der Waals surface area contributed by atoms with Crippen molar-refractivity contribution < 1.29 is 18.3 Å². The van der Waals surface area contributed by atoms with Crippen LogP contribution in [-0.4, -0.2) is 0 Å². The highest BCUT2D eigenvalue weighted by Gasteiger charge is 2.54. The van der Waals surface area contributed by atoms with E-state index >= 15 is 13.7 Å². The summed E-state index contributed by atoms with van der Waals surface area (Å²) in [5, 5.41) is 3.13. The molecule has 0 N–H and O–H groups in total. The van der Waals surface area contributed by atoms with Gasteiger partial charge in [-0.15, -0.1) is 0 Å². The predicted molar refractivity (Wildman–Crippen MR) is 622 cm³/mol. The van der Waals surface area contributed by atoms with E-state index in [1.54, 1.807) is 0 Å². The summed E-state index contributed by atoms with van der Waals surface area (Å²) in [5.74, 6) is 0. The van der Waals surface area contributed by atoms with Crippen LogP contribution in [0.3, 0.4) is 0 Å². The first-order valence-electron chi connectivity index (χ1n) is 49.5. The Morgan fingerprint density at radius 3 is 0.486 bits per heavy atom. The Bertz CT molecular complexity index is 8300. The third-order valence-corrected chi connectivity index (χ3v) is 38.8. The zero-order chi connectivity index (χ0) is 99.8. The second kappa shape index (κ2) is 41.5. The molecule has 0 amide bonds. The van der Waals surface area contributed by atoms with E-state index in [0.29, 0.717) is 0 Å². The van der Waals surface area contributed by atoms with Gasteiger partial charge in [-0.3, -0.25) is 55.6 Å². The molecular formula is C132H100N8O4P4. The minimum absolute atomic E-state index is 0.775. The number of hydrogen-bond donors (Lipinski definition) is 0. The standard InChI is InChI=1S/3C36H27N2OP.C24H19N2OP/c39-40(34-26-30(28-15-5-1-6-16-28)25-31(27-34)29-17-7-2-8-18-29)37(32-19-9-3-10-20-32)35-23-13-14-24-36(35)38(40)33-21-11-4-12-22-33;39-40(34-23-13-18-31(27-34)30-17-12-16-29(26-30)28-14-4-1-5-15-28)37(32-19-6-2-7-20-32)35-24-10-11-25-36(35)38(40)33-21-8-3-9-22-33;39-40(34-25-23-29(24-26-34)31-16-12-15-30(27-31)28-13-4-1-5-14-28)37(32-17-6-2-7-18-32)35-21-10-11-22-36(35)38(40)33-19-8-3-9-20-33;27-28(22-16-8-3-9-17-22)25(20-12-4-1-5-13-20)23-18-10-11-19-24(23)26(28)21-14-6-2-7-15-21/h3*1-27H;1-19H. The van der Waals surface area contributed by atoms with Crippen LogP contribution < -0.4 is 58.6 Å². The van der Waals surface area contributed by atoms with Gasteiger partial charge < -0.3 is 0 Å². The molecule has 0 unspecified atom stereocenters. The van der Waals surface area contributed by atoms with Crippen LogP contribution in [0.2, 0.25) is 0 Å². The molecular weight excluding hydrogens is 1890 g/mol. The number of anilines is 16. The Morgan fingerprint density at radius 1 is 0.101 bits per heavy atom. The van der Waals surface area contributed by atoms with Gasteiger partial charge in [0.1, 0.15) is 0 Å². The molecule has 0 fully saturated rings. The first kappa shape index (κ1) is 93.8. The quantitative estimate of drug-likeness (QED) is 0.0766. The fourth-order valence-electron chi connectivity index (χ4n) is 20.4. The molecule has 0 bridgehead atoms. The van der Waals surface area contributed by atoms with Crippen LogP contribution >= 0.6 is 29.8 Å². The molecule has 0 radical (unpaired) electrons. The van der Waals surface area contributed by atoms with Crippen molar-refractivity contribution in [3.8, 4) is 66.8 Å². The number of fused-ring (bicyclic) bond motifs is 4. The Hall–Kier alpha value is -17.8. The van der Waals surface area contributed by atoms with Gasteiger partial charge in [0.15, 0.2) is 0 Å². The lowest BCUT2D eigenvalue weighted by atomic mass is 9.99. The Labute approximate surface area is 864 Å². The molecule has 12 nitrogen and oxygen atoms in total. The fraction of sp³-hybridized carbons (Fsp3) is 0. The molecule has 22 aromatic rings. The second-order valence-corrected chi connectivity index (χ2v) is 45.8. The van der Waals surface area contributed by atoms with Gasteiger partial charge in [0.25, 0.3) is 0 Å². The van der Waals surface area contributed by atoms with Crippen molar-refractivity contribution in [1.82, 2.24) is 0 Å². The Kier molecular flexibility index (Phi) is 26.3. The summed E-state index contributed by atoms with van der Waals surface area (Å²) in [6.07, 6.45) is 0. The van der Waals surface area contributed by atoms with Crippen molar-refractivity contribution in [2.24, 2.45) is 0 Å². The average Bonchev–Trinajstić information content (AvgIpc) is 1.55. The zero-order valence-corrected chi connectivity index (χ0v) is 84.3. The third kappa shape index (κ3) is 17.7. The van der Waals surface area contributed by atoms with Gasteiger partial charge in [-0.05, 0) is 279 Å². The first-order chi connectivity index (χ1) is 73.0. The topological polar surface area (TPSA) is 94.2 Å². The SMILES string of the molecule is O=P1(c2cc(-c3ccccc3)cc(-c3ccccc3)c2)N(c2ccccc2)c2ccccc2N1c1ccccc1.O=P1(c2ccc(-c3cccc(-c4ccccc4)c3)cc2)N(c2ccccc2)c2ccccc2N1c1ccccc1.O=P1(c2cccc(-c3cccc(-c4ccccc4)c3)c2)N(c2ccccc2)c2ccccc2N1c1ccccc1.O=P1(c2ccccc2)N(c2ccccc2)c2ccccc2N1c1ccccc1. The molecule has 0 saturated heterocycles. The summed E-state index contributed by atoms with van der Waals surface area (Å²) in [4.78, 5) is 0. The van der Waals surface area contributed by atoms with Crippen LogP contribution in [0.5, 0.6) is 0 Å². The summed E-state index contributed by atoms with van der Waals surface area (Å²) in [7, 11) is -13.5. The van der Waals surface area contributed by atoms with Gasteiger partial charge >= 0.3 is 29.8 Å². The highest BCUT2D eigenvalue weighted by atomic mass is 31.2. The first-order valence-corrected chi connectivity index (χ1v) is 55.9. The lowest BCUT2D eigenvalue weighted by Gasteiger charge is -2.33. The maximum Gasteiger partial charge on any atom is 0.301 e. The molecule has 4 aliphatic rings. The van der Waals surface area contributed by atoms with Gasteiger partial charge in [0.05, 0.1) is 66.7 Å². The monoisotopic (exact) mass is 1980 g/mol. The molecule has 148 heavy (non-hydrogen) atoms. The summed E-state index contributed by atoms with van der Waals surface area (Å²) < 4.78 is 78.9. The van der Waals surface area contributed by atoms with E-state index < -0.39 is 29.8 Å². The van der Waals surface area contributed by atoms with E-state index in [-0.39, 0.29) is 0 Å². The van der Waals surface area contributed by atoms with Gasteiger partial charge in [0.2, 0.25) is 0 Å². The van der Waals surface area contributed by atoms with Crippen molar-refractivity contribution >= 4 is 142 Å². The number of para-hydroxylation sites is 16. The molecule has 712 valence electrons. The van der Waals surface area contributed by atoms with Gasteiger partial charge in [0, 0.05) is 45.5 Å². The number of rotatable bonds is 18. The van der Waals surface area contributed by atoms with Crippen LogP contribution in [0.1, 0.15) is 0 Å². The average molecular weight is 1990 g/mol. The molecule has 0 aromatic heterocycles. The van der Waals surface area contributed by atoms with E-state index in [9.17, 15) is 4.57 Å². The summed E-state index contributed by atoms with van der Waals surface area (Å²) >= 11 is 0. The highest BCUT2D eigenvalue weighted by Crippen LogP contribution is 2.75. The van der Waals surface area contributed by atoms with Gasteiger partial charge in [-0.1, -0.05) is 394 Å². The van der Waals surface area contributed by atoms with Crippen LogP contribution in [0.15, 0.2) is 607 Å². The van der Waals surface area contributed by atoms with Gasteiger partial charge in [-0.25, -0.2) is 0 Å². The van der Waals surface area contributed by atoms with Crippen molar-refractivity contribution in [1.29, 1.82) is 0 Å². The maximum absolute atomic E-state index is 16.2. The molecule has 4 heterocycles. The van der Waals surface area contributed by atoms with E-state index in [4.69, 9.17) is 0 Å². The largest absolute Gasteiger partial charge is 0.301 e. The number of hydrogen-bond acceptors (Lipinski definition) is 4. The van der Waals surface area contributed by atoms with E-state index in [2.05, 4.69) is 200 Å².